The molecule has 1 aliphatic carbocycles. The molecule has 0 radical (unpaired) electrons. The Hall–Kier alpha value is -1.75. The van der Waals surface area contributed by atoms with Gasteiger partial charge in [-0.05, 0) is 25.8 Å². The zero-order valence-corrected chi connectivity index (χ0v) is 16.6. The van der Waals surface area contributed by atoms with E-state index in [-0.39, 0.29) is 47.9 Å². The summed E-state index contributed by atoms with van der Waals surface area (Å²) in [5.74, 6) is -0.464. The molecule has 2 rings (SSSR count). The number of rotatable bonds is 7. The minimum Gasteiger partial charge on any atom is -0.354 e. The largest absolute Gasteiger partial charge is 0.354 e. The van der Waals surface area contributed by atoms with Gasteiger partial charge < -0.3 is 11.1 Å². The lowest BCUT2D eigenvalue weighted by Crippen LogP contribution is -2.53. The van der Waals surface area contributed by atoms with Gasteiger partial charge in [-0.3, -0.25) is 14.9 Å². The van der Waals surface area contributed by atoms with Gasteiger partial charge in [0.15, 0.2) is 0 Å². The predicted molar refractivity (Wildman–Crippen MR) is 103 cm³/mol. The second kappa shape index (κ2) is 9.45. The molecule has 1 fully saturated rings. The van der Waals surface area contributed by atoms with Gasteiger partial charge in [0.2, 0.25) is 15.9 Å². The molecule has 27 heavy (non-hydrogen) atoms. The van der Waals surface area contributed by atoms with Crippen molar-refractivity contribution in [3.63, 3.8) is 0 Å². The quantitative estimate of drug-likeness (QED) is 0.344. The molecule has 2 atom stereocenters. The highest BCUT2D eigenvalue weighted by Gasteiger charge is 2.37. The summed E-state index contributed by atoms with van der Waals surface area (Å²) in [6, 6.07) is 4.78. The third-order valence-electron chi connectivity index (χ3n) is 4.63. The molecule has 4 N–H and O–H groups in total. The smallest absolute Gasteiger partial charge is 0.270 e. The minimum absolute atomic E-state index is 0. The van der Waals surface area contributed by atoms with E-state index in [4.69, 9.17) is 5.73 Å². The molecule has 9 nitrogen and oxygen atoms in total. The van der Waals surface area contributed by atoms with Crippen molar-refractivity contribution in [2.75, 3.05) is 13.1 Å². The number of amides is 1. The molecule has 2 unspecified atom stereocenters. The van der Waals surface area contributed by atoms with Crippen LogP contribution in [0.4, 0.5) is 5.69 Å². The zero-order chi connectivity index (χ0) is 19.4. The molecule has 0 saturated heterocycles. The second-order valence-corrected chi connectivity index (χ2v) is 8.51. The van der Waals surface area contributed by atoms with Crippen LogP contribution in [-0.2, 0) is 14.8 Å². The van der Waals surface area contributed by atoms with E-state index in [0.29, 0.717) is 0 Å². The number of carbonyl (C=O) groups excluding carboxylic acids is 1. The average Bonchev–Trinajstić information content (AvgIpc) is 2.58. The van der Waals surface area contributed by atoms with Gasteiger partial charge in [-0.2, -0.15) is 0 Å². The Balaban J connectivity index is 0.00000364. The molecule has 1 saturated carbocycles. The standard InChI is InChI=1S/C16H24N4O5S.ClH/c1-16(17)8-3-2-7-14(16)15(21)18-9-10-19-26(24,25)13-6-4-5-12(11-13)20(22)23;/h4-6,11,14,19H,2-3,7-10,17H2,1H3,(H,18,21);1H. The number of nitrogens with two attached hydrogens (primary N) is 1. The maximum Gasteiger partial charge on any atom is 0.270 e. The number of nitro groups is 1. The summed E-state index contributed by atoms with van der Waals surface area (Å²) in [5.41, 5.74) is 5.33. The van der Waals surface area contributed by atoms with Crippen LogP contribution in [0.15, 0.2) is 29.2 Å². The Kier molecular flexibility index (Phi) is 8.15. The summed E-state index contributed by atoms with van der Waals surface area (Å²) in [6.45, 7) is 1.95. The summed E-state index contributed by atoms with van der Waals surface area (Å²) in [5, 5.41) is 13.5. The highest BCUT2D eigenvalue weighted by atomic mass is 35.5. The number of hydrogen-bond acceptors (Lipinski definition) is 6. The fourth-order valence-corrected chi connectivity index (χ4v) is 4.20. The molecule has 11 heteroatoms. The van der Waals surface area contributed by atoms with E-state index in [1.165, 1.54) is 18.2 Å². The SMILES string of the molecule is CC1(N)CCCCC1C(=O)NCCNS(=O)(=O)c1cccc([N+](=O)[O-])c1.Cl. The van der Waals surface area contributed by atoms with Gasteiger partial charge in [0.1, 0.15) is 0 Å². The Bertz CT molecular complexity index is 785. The number of carbonyl (C=O) groups is 1. The molecule has 0 aliphatic heterocycles. The molecule has 1 aromatic carbocycles. The fraction of sp³-hybridized carbons (Fsp3) is 0.562. The number of halogens is 1. The van der Waals surface area contributed by atoms with Crippen LogP contribution in [0.3, 0.4) is 0 Å². The Morgan fingerprint density at radius 1 is 1.37 bits per heavy atom. The Morgan fingerprint density at radius 3 is 2.70 bits per heavy atom. The van der Waals surface area contributed by atoms with Crippen molar-refractivity contribution in [2.45, 2.75) is 43.0 Å². The van der Waals surface area contributed by atoms with Gasteiger partial charge in [0.05, 0.1) is 15.7 Å². The number of benzene rings is 1. The number of non-ortho nitro benzene ring substituents is 1. The topological polar surface area (TPSA) is 144 Å². The summed E-state index contributed by atoms with van der Waals surface area (Å²) in [6.07, 6.45) is 3.45. The summed E-state index contributed by atoms with van der Waals surface area (Å²) < 4.78 is 26.7. The van der Waals surface area contributed by atoms with Crippen LogP contribution in [0.1, 0.15) is 32.6 Å². The number of sulfonamides is 1. The molecule has 0 spiro atoms. The predicted octanol–water partition coefficient (Wildman–Crippen LogP) is 1.32. The van der Waals surface area contributed by atoms with Gasteiger partial charge in [-0.25, -0.2) is 13.1 Å². The van der Waals surface area contributed by atoms with E-state index in [2.05, 4.69) is 10.0 Å². The molecule has 0 aromatic heterocycles. The first-order valence-corrected chi connectivity index (χ1v) is 9.92. The lowest BCUT2D eigenvalue weighted by molar-refractivity contribution is -0.385. The van der Waals surface area contributed by atoms with Crippen LogP contribution < -0.4 is 15.8 Å². The fourth-order valence-electron chi connectivity index (χ4n) is 3.13. The van der Waals surface area contributed by atoms with E-state index in [1.807, 2.05) is 6.92 Å². The molecular weight excluding hydrogens is 396 g/mol. The van der Waals surface area contributed by atoms with E-state index >= 15 is 0 Å². The Morgan fingerprint density at radius 2 is 2.07 bits per heavy atom. The van der Waals surface area contributed by atoms with Crippen LogP contribution in [0.5, 0.6) is 0 Å². The van der Waals surface area contributed by atoms with E-state index in [9.17, 15) is 23.3 Å². The van der Waals surface area contributed by atoms with Crippen molar-refractivity contribution in [2.24, 2.45) is 11.7 Å². The highest BCUT2D eigenvalue weighted by Crippen LogP contribution is 2.31. The van der Waals surface area contributed by atoms with Gasteiger partial charge in [-0.15, -0.1) is 12.4 Å². The van der Waals surface area contributed by atoms with E-state index in [0.717, 1.165) is 31.7 Å². The average molecular weight is 421 g/mol. The van der Waals surface area contributed by atoms with Gasteiger partial charge in [-0.1, -0.05) is 18.9 Å². The molecule has 0 heterocycles. The lowest BCUT2D eigenvalue weighted by Gasteiger charge is -2.37. The molecule has 0 bridgehead atoms. The van der Waals surface area contributed by atoms with Crippen molar-refractivity contribution in [1.82, 2.24) is 10.0 Å². The molecular formula is C16H25ClN4O5S. The first-order valence-electron chi connectivity index (χ1n) is 8.44. The van der Waals surface area contributed by atoms with Crippen LogP contribution >= 0.6 is 12.4 Å². The van der Waals surface area contributed by atoms with Gasteiger partial charge >= 0.3 is 0 Å². The maximum atomic E-state index is 12.3. The third-order valence-corrected chi connectivity index (χ3v) is 6.08. The number of nitro benzene ring substituents is 1. The normalized spacial score (nSPS) is 22.5. The molecule has 1 amide bonds. The summed E-state index contributed by atoms with van der Waals surface area (Å²) >= 11 is 0. The summed E-state index contributed by atoms with van der Waals surface area (Å²) in [4.78, 5) is 22.2. The van der Waals surface area contributed by atoms with E-state index < -0.39 is 20.5 Å². The van der Waals surface area contributed by atoms with Crippen molar-refractivity contribution < 1.29 is 18.1 Å². The van der Waals surface area contributed by atoms with Crippen LogP contribution in [-0.4, -0.2) is 37.9 Å². The Labute approximate surface area is 164 Å². The van der Waals surface area contributed by atoms with Crippen molar-refractivity contribution in [3.05, 3.63) is 34.4 Å². The highest BCUT2D eigenvalue weighted by molar-refractivity contribution is 7.89. The third kappa shape index (κ3) is 6.13. The number of nitrogens with one attached hydrogen (secondary N) is 2. The van der Waals surface area contributed by atoms with E-state index in [1.54, 1.807) is 0 Å². The molecule has 152 valence electrons. The monoisotopic (exact) mass is 420 g/mol. The lowest BCUT2D eigenvalue weighted by atomic mass is 9.74. The first-order chi connectivity index (χ1) is 12.1. The van der Waals surface area contributed by atoms with Crippen LogP contribution in [0, 0.1) is 16.0 Å². The molecule has 1 aromatic rings. The molecule has 1 aliphatic rings. The first kappa shape index (κ1) is 23.3. The van der Waals surface area contributed by atoms with Gasteiger partial charge in [0.25, 0.3) is 5.69 Å². The second-order valence-electron chi connectivity index (χ2n) is 6.75. The minimum atomic E-state index is -3.89. The van der Waals surface area contributed by atoms with Crippen molar-refractivity contribution in [1.29, 1.82) is 0 Å². The van der Waals surface area contributed by atoms with Crippen LogP contribution in [0.2, 0.25) is 0 Å². The zero-order valence-electron chi connectivity index (χ0n) is 15.0. The van der Waals surface area contributed by atoms with Crippen LogP contribution in [0.25, 0.3) is 0 Å². The number of nitrogens with zero attached hydrogens (tertiary/aromatic N) is 1. The maximum absolute atomic E-state index is 12.3. The number of hydrogen-bond donors (Lipinski definition) is 3. The van der Waals surface area contributed by atoms with Gasteiger partial charge in [0, 0.05) is 30.8 Å². The van der Waals surface area contributed by atoms with Crippen molar-refractivity contribution in [3.8, 4) is 0 Å². The van der Waals surface area contributed by atoms with Crippen molar-refractivity contribution >= 4 is 34.0 Å². The summed E-state index contributed by atoms with van der Waals surface area (Å²) in [7, 11) is -3.89.